The maximum absolute atomic E-state index is 14.5. The molecule has 0 bridgehead atoms. The zero-order chi connectivity index (χ0) is 16.2. The Labute approximate surface area is 132 Å². The van der Waals surface area contributed by atoms with Gasteiger partial charge in [0.2, 0.25) is 0 Å². The quantitative estimate of drug-likeness (QED) is 0.824. The van der Waals surface area contributed by atoms with Gasteiger partial charge in [-0.05, 0) is 38.1 Å². The fourth-order valence-electron chi connectivity index (χ4n) is 3.79. The SMILES string of the molecule is NC1CCN(CC2(O)Cn3c(=O)cnc4ccc(F)c2c43)CC1. The molecule has 1 saturated heterocycles. The normalized spacial score (nSPS) is 25.3. The summed E-state index contributed by atoms with van der Waals surface area (Å²) < 4.78 is 15.9. The second kappa shape index (κ2) is 5.09. The molecular weight excluding hydrogens is 299 g/mol. The molecule has 4 rings (SSSR count). The molecule has 1 aromatic carbocycles. The average molecular weight is 318 g/mol. The first-order valence-electron chi connectivity index (χ1n) is 7.87. The Morgan fingerprint density at radius 3 is 2.87 bits per heavy atom. The molecule has 1 unspecified atom stereocenters. The summed E-state index contributed by atoms with van der Waals surface area (Å²) in [5.74, 6) is -0.493. The first-order chi connectivity index (χ1) is 11.0. The summed E-state index contributed by atoms with van der Waals surface area (Å²) in [6.07, 6.45) is 2.93. The summed E-state index contributed by atoms with van der Waals surface area (Å²) >= 11 is 0. The van der Waals surface area contributed by atoms with Gasteiger partial charge in [-0.3, -0.25) is 9.69 Å². The number of rotatable bonds is 2. The van der Waals surface area contributed by atoms with Gasteiger partial charge in [0.25, 0.3) is 5.56 Å². The molecule has 0 saturated carbocycles. The molecule has 23 heavy (non-hydrogen) atoms. The van der Waals surface area contributed by atoms with E-state index < -0.39 is 11.4 Å². The molecule has 1 atom stereocenters. The van der Waals surface area contributed by atoms with E-state index in [1.807, 2.05) is 0 Å². The van der Waals surface area contributed by atoms with Crippen LogP contribution in [-0.2, 0) is 12.1 Å². The molecule has 0 aliphatic carbocycles. The number of nitrogens with two attached hydrogens (primary N) is 1. The largest absolute Gasteiger partial charge is 0.382 e. The fourth-order valence-corrected chi connectivity index (χ4v) is 3.79. The van der Waals surface area contributed by atoms with Crippen LogP contribution in [-0.4, -0.2) is 45.2 Å². The molecule has 1 fully saturated rings. The van der Waals surface area contributed by atoms with Gasteiger partial charge in [0, 0.05) is 18.2 Å². The lowest BCUT2D eigenvalue weighted by Crippen LogP contribution is -2.47. The van der Waals surface area contributed by atoms with Crippen LogP contribution in [0.1, 0.15) is 18.4 Å². The van der Waals surface area contributed by atoms with Crippen molar-refractivity contribution in [1.82, 2.24) is 14.5 Å². The highest BCUT2D eigenvalue weighted by Gasteiger charge is 2.43. The Hall–Kier alpha value is -1.83. The van der Waals surface area contributed by atoms with Crippen molar-refractivity contribution in [3.63, 3.8) is 0 Å². The Morgan fingerprint density at radius 1 is 1.39 bits per heavy atom. The molecule has 0 spiro atoms. The van der Waals surface area contributed by atoms with Crippen LogP contribution in [0, 0.1) is 5.82 Å². The van der Waals surface area contributed by atoms with E-state index in [1.54, 1.807) is 0 Å². The summed E-state index contributed by atoms with van der Waals surface area (Å²) in [5.41, 5.74) is 5.30. The molecule has 6 nitrogen and oxygen atoms in total. The first-order valence-corrected chi connectivity index (χ1v) is 7.87. The van der Waals surface area contributed by atoms with Crippen LogP contribution in [0.3, 0.4) is 0 Å². The number of likely N-dealkylation sites (tertiary alicyclic amines) is 1. The molecule has 7 heteroatoms. The Kier molecular flexibility index (Phi) is 3.26. The highest BCUT2D eigenvalue weighted by Crippen LogP contribution is 2.38. The van der Waals surface area contributed by atoms with Crippen molar-refractivity contribution in [2.24, 2.45) is 5.73 Å². The third-order valence-corrected chi connectivity index (χ3v) is 4.96. The van der Waals surface area contributed by atoms with Gasteiger partial charge < -0.3 is 15.4 Å². The lowest BCUT2D eigenvalue weighted by molar-refractivity contribution is -0.0150. The van der Waals surface area contributed by atoms with E-state index in [0.29, 0.717) is 11.0 Å². The smallest absolute Gasteiger partial charge is 0.269 e. The molecule has 2 aromatic rings. The number of piperidine rings is 1. The van der Waals surface area contributed by atoms with Crippen molar-refractivity contribution in [1.29, 1.82) is 0 Å². The van der Waals surface area contributed by atoms with Crippen molar-refractivity contribution in [2.45, 2.75) is 31.0 Å². The van der Waals surface area contributed by atoms with E-state index in [4.69, 9.17) is 5.73 Å². The minimum Gasteiger partial charge on any atom is -0.382 e. The van der Waals surface area contributed by atoms with E-state index in [9.17, 15) is 14.3 Å². The first kappa shape index (κ1) is 14.7. The predicted molar refractivity (Wildman–Crippen MR) is 83.5 cm³/mol. The van der Waals surface area contributed by atoms with E-state index in [2.05, 4.69) is 9.88 Å². The van der Waals surface area contributed by atoms with E-state index >= 15 is 0 Å². The van der Waals surface area contributed by atoms with Crippen molar-refractivity contribution in [3.8, 4) is 0 Å². The minimum absolute atomic E-state index is 0.0592. The maximum Gasteiger partial charge on any atom is 0.269 e. The van der Waals surface area contributed by atoms with Gasteiger partial charge in [-0.15, -0.1) is 0 Å². The number of hydrogen-bond acceptors (Lipinski definition) is 5. The minimum atomic E-state index is -1.42. The molecule has 2 aliphatic rings. The Balaban J connectivity index is 1.77. The Bertz CT molecular complexity index is 829. The summed E-state index contributed by atoms with van der Waals surface area (Å²) in [7, 11) is 0. The van der Waals surface area contributed by atoms with Gasteiger partial charge in [0.1, 0.15) is 11.4 Å². The Morgan fingerprint density at radius 2 is 2.13 bits per heavy atom. The van der Waals surface area contributed by atoms with Gasteiger partial charge in [-0.25, -0.2) is 9.37 Å². The van der Waals surface area contributed by atoms with Crippen molar-refractivity contribution < 1.29 is 9.50 Å². The lowest BCUT2D eigenvalue weighted by Gasteiger charge is -2.35. The number of benzene rings is 1. The van der Waals surface area contributed by atoms with Crippen molar-refractivity contribution in [2.75, 3.05) is 19.6 Å². The van der Waals surface area contributed by atoms with Crippen LogP contribution in [0.4, 0.5) is 4.39 Å². The van der Waals surface area contributed by atoms with Crippen LogP contribution in [0.5, 0.6) is 0 Å². The van der Waals surface area contributed by atoms with Crippen LogP contribution in [0.15, 0.2) is 23.1 Å². The van der Waals surface area contributed by atoms with Crippen LogP contribution >= 0.6 is 0 Å². The van der Waals surface area contributed by atoms with Crippen molar-refractivity contribution in [3.05, 3.63) is 40.1 Å². The third-order valence-electron chi connectivity index (χ3n) is 4.96. The number of halogens is 1. The van der Waals surface area contributed by atoms with Crippen molar-refractivity contribution >= 4 is 11.0 Å². The third kappa shape index (κ3) is 2.27. The topological polar surface area (TPSA) is 84.4 Å². The zero-order valence-electron chi connectivity index (χ0n) is 12.7. The highest BCUT2D eigenvalue weighted by molar-refractivity contribution is 5.81. The van der Waals surface area contributed by atoms with E-state index in [0.717, 1.165) is 25.9 Å². The molecule has 1 aromatic heterocycles. The van der Waals surface area contributed by atoms with Gasteiger partial charge >= 0.3 is 0 Å². The number of aliphatic hydroxyl groups is 1. The van der Waals surface area contributed by atoms with E-state index in [1.165, 1.54) is 22.9 Å². The molecule has 0 radical (unpaired) electrons. The van der Waals surface area contributed by atoms with E-state index in [-0.39, 0.29) is 30.3 Å². The molecule has 3 N–H and O–H groups in total. The molecule has 122 valence electrons. The summed E-state index contributed by atoms with van der Waals surface area (Å²) in [5, 5.41) is 11.2. The predicted octanol–water partition coefficient (Wildman–Crippen LogP) is 0.160. The number of hydrogen-bond donors (Lipinski definition) is 2. The second-order valence-electron chi connectivity index (χ2n) is 6.62. The molecular formula is C16H19FN4O2. The molecule has 0 amide bonds. The molecule has 3 heterocycles. The summed E-state index contributed by atoms with van der Waals surface area (Å²) in [6, 6.07) is 3.03. The van der Waals surface area contributed by atoms with Crippen LogP contribution in [0.2, 0.25) is 0 Å². The number of nitrogens with zero attached hydrogens (tertiary/aromatic N) is 3. The standard InChI is InChI=1S/C16H19FN4O2/c17-11-1-2-12-15-14(11)16(23,9-21(15)13(22)7-19-12)8-20-5-3-10(18)4-6-20/h1-2,7,10,23H,3-6,8-9,18H2. The number of β-amino-alcohol motifs (C(OH)–C–C–N with tert-alkyl or cyclic N) is 1. The van der Waals surface area contributed by atoms with Gasteiger partial charge in [-0.2, -0.15) is 0 Å². The number of aromatic nitrogens is 2. The lowest BCUT2D eigenvalue weighted by atomic mass is 9.93. The summed E-state index contributed by atoms with van der Waals surface area (Å²) in [4.78, 5) is 18.2. The second-order valence-corrected chi connectivity index (χ2v) is 6.62. The van der Waals surface area contributed by atoms with Gasteiger partial charge in [-0.1, -0.05) is 0 Å². The van der Waals surface area contributed by atoms with Crippen LogP contribution in [0.25, 0.3) is 11.0 Å². The maximum atomic E-state index is 14.5. The average Bonchev–Trinajstić information content (AvgIpc) is 2.83. The van der Waals surface area contributed by atoms with Gasteiger partial charge in [0.15, 0.2) is 0 Å². The summed E-state index contributed by atoms with van der Waals surface area (Å²) in [6.45, 7) is 1.88. The highest BCUT2D eigenvalue weighted by atomic mass is 19.1. The fraction of sp³-hybridized carbons (Fsp3) is 0.500. The monoisotopic (exact) mass is 318 g/mol. The molecule has 2 aliphatic heterocycles. The van der Waals surface area contributed by atoms with Gasteiger partial charge in [0.05, 0.1) is 23.8 Å². The zero-order valence-corrected chi connectivity index (χ0v) is 12.7. The van der Waals surface area contributed by atoms with Crippen LogP contribution < -0.4 is 11.3 Å².